The average molecular weight is 437 g/mol. The zero-order valence-electron chi connectivity index (χ0n) is 18.3. The molecule has 3 atom stereocenters. The summed E-state index contributed by atoms with van der Waals surface area (Å²) in [4.78, 5) is 12.4. The summed E-state index contributed by atoms with van der Waals surface area (Å²) in [6.45, 7) is 2.39. The molecule has 2 aliphatic rings. The van der Waals surface area contributed by atoms with Gasteiger partial charge in [-0.3, -0.25) is 4.79 Å². The van der Waals surface area contributed by atoms with Crippen molar-refractivity contribution >= 4 is 5.97 Å². The van der Waals surface area contributed by atoms with Gasteiger partial charge in [0.15, 0.2) is 0 Å². The third-order valence-electron chi connectivity index (χ3n) is 8.06. The fourth-order valence-corrected chi connectivity index (χ4v) is 6.06. The summed E-state index contributed by atoms with van der Waals surface area (Å²) < 4.78 is 13.0. The van der Waals surface area contributed by atoms with E-state index < -0.39 is 21.4 Å². The van der Waals surface area contributed by atoms with E-state index in [1.165, 1.54) is 12.1 Å². The van der Waals surface area contributed by atoms with Crippen LogP contribution in [0.1, 0.15) is 50.2 Å². The summed E-state index contributed by atoms with van der Waals surface area (Å²) in [6.07, 6.45) is 2.62. The number of hydrogen-bond acceptors (Lipinski definition) is 3. The first-order valence-corrected chi connectivity index (χ1v) is 11.3. The molecule has 2 aromatic rings. The second-order valence-corrected chi connectivity index (χ2v) is 9.58. The van der Waals surface area contributed by atoms with Crippen LogP contribution >= 0.6 is 0 Å². The molecule has 0 radical (unpaired) electrons. The molecule has 0 amide bonds. The lowest BCUT2D eigenvalue weighted by Crippen LogP contribution is -2.64. The smallest absolute Gasteiger partial charge is 0.314 e. The van der Waals surface area contributed by atoms with Crippen molar-refractivity contribution in [3.63, 3.8) is 0 Å². The Hall–Kier alpha value is -2.75. The number of hydroxylamine groups is 3. The highest BCUT2D eigenvalue weighted by Crippen LogP contribution is 2.47. The van der Waals surface area contributed by atoms with Crippen molar-refractivity contribution in [3.05, 3.63) is 76.7 Å². The van der Waals surface area contributed by atoms with Crippen LogP contribution in [0.25, 0.3) is 0 Å². The van der Waals surface area contributed by atoms with Crippen molar-refractivity contribution in [2.24, 2.45) is 5.92 Å². The Morgan fingerprint density at radius 1 is 1.09 bits per heavy atom. The number of likely N-dealkylation sites (tertiary alicyclic amines) is 1. The summed E-state index contributed by atoms with van der Waals surface area (Å²) in [5.41, 5.74) is -0.181. The van der Waals surface area contributed by atoms with Crippen LogP contribution in [-0.4, -0.2) is 34.9 Å². The van der Waals surface area contributed by atoms with E-state index in [4.69, 9.17) is 0 Å². The lowest BCUT2D eigenvalue weighted by Gasteiger charge is -2.58. The third-order valence-corrected chi connectivity index (χ3v) is 8.06. The van der Waals surface area contributed by atoms with Crippen LogP contribution in [0.15, 0.2) is 54.6 Å². The van der Waals surface area contributed by atoms with Gasteiger partial charge in [-0.05, 0) is 36.1 Å². The summed E-state index contributed by atoms with van der Waals surface area (Å²) in [5, 5.41) is 34.0. The van der Waals surface area contributed by atoms with Crippen molar-refractivity contribution in [1.82, 2.24) is 0 Å². The maximum Gasteiger partial charge on any atom is 0.314 e. The molecule has 0 spiro atoms. The van der Waals surface area contributed by atoms with Crippen molar-refractivity contribution in [2.75, 3.05) is 13.1 Å². The van der Waals surface area contributed by atoms with Gasteiger partial charge in [-0.2, -0.15) is 5.26 Å². The molecule has 1 N–H and O–H groups in total. The first kappa shape index (κ1) is 22.4. The Morgan fingerprint density at radius 3 is 2.25 bits per heavy atom. The van der Waals surface area contributed by atoms with Crippen LogP contribution in [0.4, 0.5) is 4.39 Å². The van der Waals surface area contributed by atoms with Crippen LogP contribution in [-0.2, 0) is 15.6 Å². The second kappa shape index (κ2) is 8.31. The Kier molecular flexibility index (Phi) is 5.83. The van der Waals surface area contributed by atoms with Gasteiger partial charge in [0, 0.05) is 25.2 Å². The maximum atomic E-state index is 13.9. The van der Waals surface area contributed by atoms with E-state index in [2.05, 4.69) is 6.07 Å². The summed E-state index contributed by atoms with van der Waals surface area (Å²) in [6, 6.07) is 17.6. The predicted octanol–water partition coefficient (Wildman–Crippen LogP) is 4.91. The molecule has 1 saturated carbocycles. The summed E-state index contributed by atoms with van der Waals surface area (Å²) in [7, 11) is 0. The monoisotopic (exact) mass is 436 g/mol. The lowest BCUT2D eigenvalue weighted by atomic mass is 9.65. The van der Waals surface area contributed by atoms with Gasteiger partial charge in [0.2, 0.25) is 0 Å². The molecule has 1 aliphatic carbocycles. The third kappa shape index (κ3) is 3.60. The van der Waals surface area contributed by atoms with Crippen LogP contribution in [0, 0.1) is 28.3 Å². The molecule has 2 aromatic carbocycles. The molecule has 32 heavy (non-hydrogen) atoms. The molecule has 0 aromatic heterocycles. The normalized spacial score (nSPS) is 35.1. The Labute approximate surface area is 188 Å². The van der Waals surface area contributed by atoms with E-state index in [0.29, 0.717) is 32.1 Å². The zero-order valence-corrected chi connectivity index (χ0v) is 18.3. The summed E-state index contributed by atoms with van der Waals surface area (Å²) in [5.74, 6) is -1.51. The Balaban J connectivity index is 1.52. The number of carboxylic acid groups (broad SMARTS) is 1. The fraction of sp³-hybridized carbons (Fsp3) is 0.462. The molecule has 0 bridgehead atoms. The largest absolute Gasteiger partial charge is 0.633 e. The van der Waals surface area contributed by atoms with Crippen LogP contribution in [0.2, 0.25) is 0 Å². The van der Waals surface area contributed by atoms with Gasteiger partial charge in [-0.15, -0.1) is 0 Å². The molecule has 4 rings (SSSR count). The highest BCUT2D eigenvalue weighted by Gasteiger charge is 2.54. The Bertz CT molecular complexity index is 1010. The van der Waals surface area contributed by atoms with Crippen LogP contribution in [0.5, 0.6) is 0 Å². The van der Waals surface area contributed by atoms with Gasteiger partial charge < -0.3 is 15.0 Å². The highest BCUT2D eigenvalue weighted by atomic mass is 19.1. The fourth-order valence-electron chi connectivity index (χ4n) is 6.06. The van der Waals surface area contributed by atoms with Gasteiger partial charge in [0.05, 0.1) is 30.6 Å². The molecular weight excluding hydrogens is 407 g/mol. The minimum atomic E-state index is -1.05. The number of hydrogen-bond donors (Lipinski definition) is 1. The van der Waals surface area contributed by atoms with E-state index in [1.54, 1.807) is 12.1 Å². The maximum absolute atomic E-state index is 13.9. The molecule has 1 saturated heterocycles. The van der Waals surface area contributed by atoms with Crippen LogP contribution in [0.3, 0.4) is 0 Å². The van der Waals surface area contributed by atoms with E-state index in [1.807, 2.05) is 37.3 Å². The van der Waals surface area contributed by atoms with Crippen molar-refractivity contribution in [2.45, 2.75) is 55.9 Å². The van der Waals surface area contributed by atoms with E-state index in [-0.39, 0.29) is 30.9 Å². The molecule has 168 valence electrons. The molecule has 0 unspecified atom stereocenters. The summed E-state index contributed by atoms with van der Waals surface area (Å²) >= 11 is 0. The van der Waals surface area contributed by atoms with Gasteiger partial charge in [0.1, 0.15) is 11.2 Å². The molecule has 1 aliphatic heterocycles. The number of rotatable bonds is 4. The number of carboxylic acids is 1. The molecule has 1 heterocycles. The number of carbonyl (C=O) groups is 1. The number of halogens is 1. The van der Waals surface area contributed by atoms with Gasteiger partial charge >= 0.3 is 5.97 Å². The number of benzene rings is 2. The van der Waals surface area contributed by atoms with Gasteiger partial charge in [-0.1, -0.05) is 49.4 Å². The standard InChI is InChI=1S/C26H29FN2O3/c1-19-17-29(32,16-15-26(19,24(30)31)21-5-3-2-4-6-21)23-11-13-25(18-28,14-12-23)20-7-9-22(27)10-8-20/h2-10,19,23H,11-17H2,1H3,(H,30,31)/t19-,23?,25?,26-,29+/m1/s1. The zero-order chi connectivity index (χ0) is 23.0. The predicted molar refractivity (Wildman–Crippen MR) is 119 cm³/mol. The van der Waals surface area contributed by atoms with Crippen molar-refractivity contribution in [3.8, 4) is 6.07 Å². The van der Waals surface area contributed by atoms with Crippen molar-refractivity contribution < 1.29 is 18.9 Å². The molecule has 6 heteroatoms. The molecular formula is C26H29FN2O3. The SMILES string of the molecule is C[C@@H]1C[N@+]([O-])(C2CCC(C#N)(c3ccc(F)cc3)CC2)CC[C@]1(C(=O)O)c1ccccc1. The van der Waals surface area contributed by atoms with Gasteiger partial charge in [-0.25, -0.2) is 4.39 Å². The van der Waals surface area contributed by atoms with Crippen molar-refractivity contribution in [1.29, 1.82) is 5.26 Å². The molecule has 2 fully saturated rings. The Morgan fingerprint density at radius 2 is 1.72 bits per heavy atom. The minimum absolute atomic E-state index is 0.151. The van der Waals surface area contributed by atoms with E-state index >= 15 is 0 Å². The second-order valence-electron chi connectivity index (χ2n) is 9.58. The number of piperidine rings is 1. The number of nitrogens with zero attached hydrogens (tertiary/aromatic N) is 2. The first-order valence-electron chi connectivity index (χ1n) is 11.3. The topological polar surface area (TPSA) is 84.1 Å². The molecule has 5 nitrogen and oxygen atoms in total. The van der Waals surface area contributed by atoms with E-state index in [0.717, 1.165) is 11.1 Å². The van der Waals surface area contributed by atoms with E-state index in [9.17, 15) is 24.8 Å². The van der Waals surface area contributed by atoms with Gasteiger partial charge in [0.25, 0.3) is 0 Å². The minimum Gasteiger partial charge on any atom is -0.633 e. The first-order chi connectivity index (χ1) is 15.3. The average Bonchev–Trinajstić information content (AvgIpc) is 2.80. The number of aliphatic carboxylic acids is 1. The lowest BCUT2D eigenvalue weighted by molar-refractivity contribution is -0.916. The number of nitriles is 1. The quantitative estimate of drug-likeness (QED) is 0.545. The van der Waals surface area contributed by atoms with Crippen LogP contribution < -0.4 is 0 Å². The highest BCUT2D eigenvalue weighted by molar-refractivity contribution is 5.82. The number of quaternary nitrogens is 1.